The monoisotopic (exact) mass is 423 g/mol. The lowest BCUT2D eigenvalue weighted by atomic mass is 9.75. The molecule has 30 heavy (non-hydrogen) atoms. The summed E-state index contributed by atoms with van der Waals surface area (Å²) in [7, 11) is 0. The van der Waals surface area contributed by atoms with Crippen LogP contribution in [0.2, 0.25) is 0 Å². The average Bonchev–Trinajstić information content (AvgIpc) is 2.69. The molecular formula is C19H33N7O4. The van der Waals surface area contributed by atoms with Crippen LogP contribution < -0.4 is 32.7 Å². The Morgan fingerprint density at radius 1 is 1.10 bits per heavy atom. The molecule has 9 N–H and O–H groups in total. The van der Waals surface area contributed by atoms with Gasteiger partial charge in [-0.3, -0.25) is 24.6 Å². The molecular weight excluding hydrogens is 390 g/mol. The predicted octanol–water partition coefficient (Wildman–Crippen LogP) is -1.93. The third kappa shape index (κ3) is 6.15. The SMILES string of the molecule is CCCC[C@@H]1NC[C@H](C(=O)C2C[C@H](C(N)=O)NC(=O)[C@H]2CCCNC(=N)N)NC1=O. The third-order valence-electron chi connectivity index (χ3n) is 5.74. The number of carbonyl (C=O) groups excluding carboxylic acids is 4. The maximum absolute atomic E-state index is 13.2. The fourth-order valence-electron chi connectivity index (χ4n) is 4.07. The number of nitrogens with two attached hydrogens (primary N) is 2. The molecule has 0 aromatic heterocycles. The lowest BCUT2D eigenvalue weighted by molar-refractivity contribution is -0.143. The molecule has 168 valence electrons. The van der Waals surface area contributed by atoms with Crippen molar-refractivity contribution in [2.75, 3.05) is 13.1 Å². The third-order valence-corrected chi connectivity index (χ3v) is 5.74. The van der Waals surface area contributed by atoms with Gasteiger partial charge in [-0.15, -0.1) is 0 Å². The Morgan fingerprint density at radius 2 is 1.80 bits per heavy atom. The molecule has 0 aliphatic carbocycles. The number of primary amides is 1. The van der Waals surface area contributed by atoms with Gasteiger partial charge in [0.2, 0.25) is 17.7 Å². The van der Waals surface area contributed by atoms with E-state index in [9.17, 15) is 19.2 Å². The lowest BCUT2D eigenvalue weighted by Crippen LogP contribution is -2.64. The second-order valence-electron chi connectivity index (χ2n) is 7.96. The number of Topliss-reactive ketones (excluding diaryl/α,β-unsaturated/α-hetero) is 1. The maximum atomic E-state index is 13.2. The van der Waals surface area contributed by atoms with Crippen molar-refractivity contribution in [2.45, 2.75) is 63.6 Å². The van der Waals surface area contributed by atoms with Crippen molar-refractivity contribution in [3.63, 3.8) is 0 Å². The fraction of sp³-hybridized carbons (Fsp3) is 0.737. The highest BCUT2D eigenvalue weighted by atomic mass is 16.2. The summed E-state index contributed by atoms with van der Waals surface area (Å²) in [6, 6.07) is -1.99. The van der Waals surface area contributed by atoms with E-state index < -0.39 is 35.7 Å². The molecule has 2 aliphatic rings. The van der Waals surface area contributed by atoms with E-state index in [0.717, 1.165) is 12.8 Å². The molecule has 0 aromatic rings. The van der Waals surface area contributed by atoms with Gasteiger partial charge in [0.25, 0.3) is 0 Å². The van der Waals surface area contributed by atoms with Crippen molar-refractivity contribution in [1.82, 2.24) is 21.3 Å². The zero-order chi connectivity index (χ0) is 22.3. The zero-order valence-corrected chi connectivity index (χ0v) is 17.3. The Labute approximate surface area is 176 Å². The van der Waals surface area contributed by atoms with Crippen LogP contribution >= 0.6 is 0 Å². The summed E-state index contributed by atoms with van der Waals surface area (Å²) in [6.07, 6.45) is 3.57. The molecule has 2 fully saturated rings. The molecule has 0 aromatic carbocycles. The van der Waals surface area contributed by atoms with Gasteiger partial charge in [-0.25, -0.2) is 0 Å². The summed E-state index contributed by atoms with van der Waals surface area (Å²) in [5.41, 5.74) is 10.6. The van der Waals surface area contributed by atoms with Gasteiger partial charge in [-0.1, -0.05) is 19.8 Å². The van der Waals surface area contributed by atoms with E-state index in [0.29, 0.717) is 25.8 Å². The average molecular weight is 424 g/mol. The number of unbranched alkanes of at least 4 members (excludes halogenated alkanes) is 1. The number of piperazine rings is 1. The molecule has 2 rings (SSSR count). The van der Waals surface area contributed by atoms with Gasteiger partial charge < -0.3 is 32.7 Å². The van der Waals surface area contributed by atoms with Gasteiger partial charge in [0.05, 0.1) is 6.04 Å². The first-order chi connectivity index (χ1) is 14.2. The van der Waals surface area contributed by atoms with Crippen LogP contribution in [0.1, 0.15) is 45.4 Å². The van der Waals surface area contributed by atoms with Crippen LogP contribution in [0.15, 0.2) is 0 Å². The number of rotatable bonds is 10. The largest absolute Gasteiger partial charge is 0.370 e. The van der Waals surface area contributed by atoms with Gasteiger partial charge in [0.15, 0.2) is 11.7 Å². The normalized spacial score (nSPS) is 28.9. The molecule has 11 nitrogen and oxygen atoms in total. The van der Waals surface area contributed by atoms with Gasteiger partial charge in [-0.05, 0) is 25.7 Å². The molecule has 0 radical (unpaired) electrons. The van der Waals surface area contributed by atoms with Gasteiger partial charge in [0.1, 0.15) is 12.1 Å². The smallest absolute Gasteiger partial charge is 0.240 e. The minimum absolute atomic E-state index is 0.107. The van der Waals surface area contributed by atoms with Crippen molar-refractivity contribution in [2.24, 2.45) is 23.3 Å². The number of nitrogens with one attached hydrogen (secondary N) is 5. The summed E-state index contributed by atoms with van der Waals surface area (Å²) < 4.78 is 0. The van der Waals surface area contributed by atoms with E-state index in [-0.39, 0.29) is 36.7 Å². The highest BCUT2D eigenvalue weighted by Gasteiger charge is 2.45. The minimum Gasteiger partial charge on any atom is -0.370 e. The van der Waals surface area contributed by atoms with Crippen molar-refractivity contribution < 1.29 is 19.2 Å². The van der Waals surface area contributed by atoms with Crippen LogP contribution in [0.3, 0.4) is 0 Å². The first kappa shape index (κ1) is 23.6. The summed E-state index contributed by atoms with van der Waals surface area (Å²) in [6.45, 7) is 2.72. The first-order valence-electron chi connectivity index (χ1n) is 10.5. The molecule has 2 saturated heterocycles. The van der Waals surface area contributed by atoms with Crippen LogP contribution in [0.5, 0.6) is 0 Å². The van der Waals surface area contributed by atoms with Gasteiger partial charge >= 0.3 is 0 Å². The number of amides is 3. The van der Waals surface area contributed by atoms with Gasteiger partial charge in [-0.2, -0.15) is 0 Å². The molecule has 0 spiro atoms. The quantitative estimate of drug-likeness (QED) is 0.121. The molecule has 3 amide bonds. The minimum atomic E-state index is -0.914. The summed E-state index contributed by atoms with van der Waals surface area (Å²) in [5, 5.41) is 18.3. The van der Waals surface area contributed by atoms with E-state index in [1.807, 2.05) is 6.92 Å². The zero-order valence-electron chi connectivity index (χ0n) is 17.3. The number of guanidine groups is 1. The number of piperidine rings is 1. The molecule has 11 heteroatoms. The Hall–Kier alpha value is -2.69. The van der Waals surface area contributed by atoms with E-state index >= 15 is 0 Å². The first-order valence-corrected chi connectivity index (χ1v) is 10.5. The lowest BCUT2D eigenvalue weighted by Gasteiger charge is -2.37. The van der Waals surface area contributed by atoms with Crippen molar-refractivity contribution in [3.05, 3.63) is 0 Å². The standard InChI is InChI=1S/C19H33N7O4/c1-2-3-6-12-18(30)26-14(9-24-12)15(27)11-8-13(16(20)28)25-17(29)10(11)5-4-7-23-19(21)22/h10-14,24H,2-9H2,1H3,(H2,20,28)(H,25,29)(H,26,30)(H4,21,22,23)/t10-,11?,12-,13+,14+/m0/s1. The molecule has 0 saturated carbocycles. The number of carbonyl (C=O) groups is 4. The highest BCUT2D eigenvalue weighted by molar-refractivity contribution is 5.98. The molecule has 0 bridgehead atoms. The van der Waals surface area contributed by atoms with E-state index in [1.54, 1.807) is 0 Å². The maximum Gasteiger partial charge on any atom is 0.240 e. The Bertz CT molecular complexity index is 684. The number of hydrogen-bond acceptors (Lipinski definition) is 6. The van der Waals surface area contributed by atoms with Crippen LogP contribution in [0.4, 0.5) is 0 Å². The Balaban J connectivity index is 2.06. The van der Waals surface area contributed by atoms with E-state index in [2.05, 4.69) is 21.3 Å². The van der Waals surface area contributed by atoms with Crippen LogP contribution in [0, 0.1) is 17.2 Å². The van der Waals surface area contributed by atoms with Gasteiger partial charge in [0, 0.05) is 24.9 Å². The van der Waals surface area contributed by atoms with Crippen molar-refractivity contribution >= 4 is 29.5 Å². The number of ketones is 1. The Morgan fingerprint density at radius 3 is 2.40 bits per heavy atom. The molecule has 2 heterocycles. The van der Waals surface area contributed by atoms with E-state index in [1.165, 1.54) is 0 Å². The van der Waals surface area contributed by atoms with E-state index in [4.69, 9.17) is 16.9 Å². The van der Waals surface area contributed by atoms with Crippen LogP contribution in [-0.2, 0) is 19.2 Å². The highest BCUT2D eigenvalue weighted by Crippen LogP contribution is 2.29. The topological polar surface area (TPSA) is 192 Å². The molecule has 5 atom stereocenters. The summed E-state index contributed by atoms with van der Waals surface area (Å²) in [5.74, 6) is -3.12. The van der Waals surface area contributed by atoms with Crippen LogP contribution in [0.25, 0.3) is 0 Å². The summed E-state index contributed by atoms with van der Waals surface area (Å²) in [4.78, 5) is 49.9. The molecule has 2 aliphatic heterocycles. The predicted molar refractivity (Wildman–Crippen MR) is 110 cm³/mol. The fourth-order valence-corrected chi connectivity index (χ4v) is 4.07. The van der Waals surface area contributed by atoms with Crippen molar-refractivity contribution in [1.29, 1.82) is 5.41 Å². The molecule has 1 unspecified atom stereocenters. The van der Waals surface area contributed by atoms with Crippen LogP contribution in [-0.4, -0.2) is 60.7 Å². The summed E-state index contributed by atoms with van der Waals surface area (Å²) >= 11 is 0. The second-order valence-corrected chi connectivity index (χ2v) is 7.96. The Kier molecular flexibility index (Phi) is 8.58. The number of hydrogen-bond donors (Lipinski definition) is 7. The second kappa shape index (κ2) is 10.9. The van der Waals surface area contributed by atoms with Crippen molar-refractivity contribution in [3.8, 4) is 0 Å².